The van der Waals surface area contributed by atoms with E-state index in [1.165, 1.54) is 4.31 Å². The fourth-order valence-electron chi connectivity index (χ4n) is 1.39. The summed E-state index contributed by atoms with van der Waals surface area (Å²) >= 11 is 3.40. The van der Waals surface area contributed by atoms with Crippen LogP contribution in [0.3, 0.4) is 0 Å². The van der Waals surface area contributed by atoms with Gasteiger partial charge in [0.15, 0.2) is 0 Å². The van der Waals surface area contributed by atoms with Crippen LogP contribution in [0.4, 0.5) is 0 Å². The first-order chi connectivity index (χ1) is 7.97. The predicted octanol–water partition coefficient (Wildman–Crippen LogP) is 1.56. The minimum atomic E-state index is -3.20. The lowest BCUT2D eigenvalue weighted by atomic mass is 10.2. The Morgan fingerprint density at radius 3 is 2.59 bits per heavy atom. The van der Waals surface area contributed by atoms with Gasteiger partial charge < -0.3 is 5.73 Å². The van der Waals surface area contributed by atoms with Crippen LogP contribution in [0.2, 0.25) is 0 Å². The second-order valence-corrected chi connectivity index (χ2v) is 6.86. The summed E-state index contributed by atoms with van der Waals surface area (Å²) in [5.74, 6) is 0.102. The summed E-state index contributed by atoms with van der Waals surface area (Å²) in [6, 6.07) is 7.59. The van der Waals surface area contributed by atoms with Gasteiger partial charge >= 0.3 is 0 Å². The molecule has 2 N–H and O–H groups in total. The monoisotopic (exact) mass is 320 g/mol. The van der Waals surface area contributed by atoms with Gasteiger partial charge in [-0.2, -0.15) is 0 Å². The molecular weight excluding hydrogens is 304 g/mol. The second kappa shape index (κ2) is 6.49. The lowest BCUT2D eigenvalue weighted by Gasteiger charge is -2.17. The number of rotatable bonds is 6. The number of sulfonamides is 1. The summed E-state index contributed by atoms with van der Waals surface area (Å²) in [4.78, 5) is 0. The molecule has 1 rings (SSSR count). The van der Waals surface area contributed by atoms with Crippen LogP contribution in [0.5, 0.6) is 0 Å². The Hall–Kier alpha value is -0.430. The maximum absolute atomic E-state index is 11.9. The maximum Gasteiger partial charge on any atom is 0.214 e. The zero-order valence-electron chi connectivity index (χ0n) is 9.77. The van der Waals surface area contributed by atoms with Crippen LogP contribution in [0, 0.1) is 0 Å². The van der Waals surface area contributed by atoms with Crippen molar-refractivity contribution in [3.8, 4) is 0 Å². The van der Waals surface area contributed by atoms with Crippen LogP contribution < -0.4 is 5.73 Å². The molecule has 0 aliphatic rings. The number of nitrogens with zero attached hydrogens (tertiary/aromatic N) is 1. The van der Waals surface area contributed by atoms with E-state index >= 15 is 0 Å². The molecule has 0 unspecified atom stereocenters. The Kier molecular flexibility index (Phi) is 5.58. The molecule has 0 saturated heterocycles. The highest BCUT2D eigenvalue weighted by Gasteiger charge is 2.17. The zero-order chi connectivity index (χ0) is 12.9. The Labute approximate surface area is 111 Å². The van der Waals surface area contributed by atoms with Crippen molar-refractivity contribution in [3.05, 3.63) is 34.3 Å². The first kappa shape index (κ1) is 14.6. The van der Waals surface area contributed by atoms with E-state index in [1.54, 1.807) is 7.05 Å². The third-order valence-electron chi connectivity index (χ3n) is 2.43. The Morgan fingerprint density at radius 1 is 1.35 bits per heavy atom. The number of hydrogen-bond acceptors (Lipinski definition) is 3. The molecule has 0 fully saturated rings. The van der Waals surface area contributed by atoms with Crippen molar-refractivity contribution in [2.24, 2.45) is 5.73 Å². The number of nitrogens with two attached hydrogens (primary N) is 1. The molecule has 6 heteroatoms. The average molecular weight is 321 g/mol. The zero-order valence-corrected chi connectivity index (χ0v) is 12.2. The smallest absolute Gasteiger partial charge is 0.214 e. The van der Waals surface area contributed by atoms with Crippen molar-refractivity contribution >= 4 is 26.0 Å². The third-order valence-corrected chi connectivity index (χ3v) is 5.09. The Balaban J connectivity index is 2.72. The fraction of sp³-hybridized carbons (Fsp3) is 0.455. The first-order valence-corrected chi connectivity index (χ1v) is 7.75. The second-order valence-electron chi connectivity index (χ2n) is 3.81. The molecule has 0 aromatic heterocycles. The normalized spacial score (nSPS) is 12.0. The maximum atomic E-state index is 11.9. The third kappa shape index (κ3) is 4.39. The quantitative estimate of drug-likeness (QED) is 0.865. The molecule has 0 radical (unpaired) electrons. The van der Waals surface area contributed by atoms with Gasteiger partial charge in [-0.1, -0.05) is 34.1 Å². The van der Waals surface area contributed by atoms with E-state index in [9.17, 15) is 8.42 Å². The molecule has 1 aromatic carbocycles. The topological polar surface area (TPSA) is 63.4 Å². The van der Waals surface area contributed by atoms with Crippen molar-refractivity contribution in [2.45, 2.75) is 13.0 Å². The molecule has 0 aliphatic carbocycles. The van der Waals surface area contributed by atoms with Gasteiger partial charge in [0, 0.05) is 18.1 Å². The standard InChI is InChI=1S/C11H17BrN2O2S/c1-14(17(15,16)8-4-7-13)9-10-5-2-3-6-11(10)12/h2-3,5-6H,4,7-9,13H2,1H3. The van der Waals surface area contributed by atoms with Gasteiger partial charge in [-0.15, -0.1) is 0 Å². The van der Waals surface area contributed by atoms with Gasteiger partial charge in [0.1, 0.15) is 0 Å². The van der Waals surface area contributed by atoms with Crippen LogP contribution in [0.15, 0.2) is 28.7 Å². The number of halogens is 1. The largest absolute Gasteiger partial charge is 0.330 e. The molecule has 4 nitrogen and oxygen atoms in total. The van der Waals surface area contributed by atoms with Crippen molar-refractivity contribution in [1.82, 2.24) is 4.31 Å². The minimum Gasteiger partial charge on any atom is -0.330 e. The molecule has 0 atom stereocenters. The molecule has 0 heterocycles. The molecule has 0 amide bonds. The van der Waals surface area contributed by atoms with Crippen LogP contribution in [0.1, 0.15) is 12.0 Å². The van der Waals surface area contributed by atoms with Gasteiger partial charge in [-0.3, -0.25) is 0 Å². The van der Waals surface area contributed by atoms with Gasteiger partial charge in [0.05, 0.1) is 5.75 Å². The highest BCUT2D eigenvalue weighted by molar-refractivity contribution is 9.10. The van der Waals surface area contributed by atoms with E-state index in [4.69, 9.17) is 5.73 Å². The average Bonchev–Trinajstić information content (AvgIpc) is 2.29. The Morgan fingerprint density at radius 2 is 2.00 bits per heavy atom. The van der Waals surface area contributed by atoms with Gasteiger partial charge in [0.2, 0.25) is 10.0 Å². The predicted molar refractivity (Wildman–Crippen MR) is 73.1 cm³/mol. The van der Waals surface area contributed by atoms with Crippen molar-refractivity contribution < 1.29 is 8.42 Å². The summed E-state index contributed by atoms with van der Waals surface area (Å²) in [6.45, 7) is 0.760. The number of benzene rings is 1. The molecule has 96 valence electrons. The highest BCUT2D eigenvalue weighted by Crippen LogP contribution is 2.18. The lowest BCUT2D eigenvalue weighted by Crippen LogP contribution is -2.29. The summed E-state index contributed by atoms with van der Waals surface area (Å²) in [7, 11) is -1.62. The lowest BCUT2D eigenvalue weighted by molar-refractivity contribution is 0.465. The summed E-state index contributed by atoms with van der Waals surface area (Å²) in [5, 5.41) is 0. The van der Waals surface area contributed by atoms with E-state index < -0.39 is 10.0 Å². The molecule has 0 bridgehead atoms. The molecule has 0 spiro atoms. The summed E-state index contributed by atoms with van der Waals surface area (Å²) in [6.07, 6.45) is 0.489. The van der Waals surface area contributed by atoms with E-state index in [-0.39, 0.29) is 5.75 Å². The number of hydrogen-bond donors (Lipinski definition) is 1. The first-order valence-electron chi connectivity index (χ1n) is 5.35. The van der Waals surface area contributed by atoms with Crippen LogP contribution in [0.25, 0.3) is 0 Å². The molecular formula is C11H17BrN2O2S. The van der Waals surface area contributed by atoms with E-state index in [2.05, 4.69) is 15.9 Å². The van der Waals surface area contributed by atoms with Crippen LogP contribution in [-0.2, 0) is 16.6 Å². The summed E-state index contributed by atoms with van der Waals surface area (Å²) in [5.41, 5.74) is 6.27. The van der Waals surface area contributed by atoms with Gasteiger partial charge in [0.25, 0.3) is 0 Å². The van der Waals surface area contributed by atoms with Gasteiger partial charge in [-0.25, -0.2) is 12.7 Å². The van der Waals surface area contributed by atoms with Gasteiger partial charge in [-0.05, 0) is 24.6 Å². The minimum absolute atomic E-state index is 0.102. The van der Waals surface area contributed by atoms with E-state index in [1.807, 2.05) is 24.3 Å². The van der Waals surface area contributed by atoms with Crippen LogP contribution in [-0.4, -0.2) is 32.1 Å². The van der Waals surface area contributed by atoms with Crippen molar-refractivity contribution in [2.75, 3.05) is 19.3 Å². The van der Waals surface area contributed by atoms with E-state index in [0.29, 0.717) is 19.5 Å². The molecule has 0 saturated carbocycles. The molecule has 0 aliphatic heterocycles. The summed E-state index contributed by atoms with van der Waals surface area (Å²) < 4.78 is 26.0. The van der Waals surface area contributed by atoms with E-state index in [0.717, 1.165) is 10.0 Å². The highest BCUT2D eigenvalue weighted by atomic mass is 79.9. The SMILES string of the molecule is CN(Cc1ccccc1Br)S(=O)(=O)CCCN. The van der Waals surface area contributed by atoms with Crippen LogP contribution >= 0.6 is 15.9 Å². The molecule has 1 aromatic rings. The molecule has 17 heavy (non-hydrogen) atoms. The Bertz CT molecular complexity index is 462. The van der Waals surface area contributed by atoms with Crippen molar-refractivity contribution in [3.63, 3.8) is 0 Å². The fourth-order valence-corrected chi connectivity index (χ4v) is 2.98. The van der Waals surface area contributed by atoms with Crippen molar-refractivity contribution in [1.29, 1.82) is 0 Å².